The maximum atomic E-state index is 11.9. The van der Waals surface area contributed by atoms with Crippen LogP contribution in [0.15, 0.2) is 0 Å². The van der Waals surface area contributed by atoms with Crippen molar-refractivity contribution in [3.63, 3.8) is 0 Å². The number of halogens is 1. The van der Waals surface area contributed by atoms with Crippen LogP contribution in [-0.4, -0.2) is 33.3 Å². The van der Waals surface area contributed by atoms with Crippen LogP contribution in [0.5, 0.6) is 0 Å². The summed E-state index contributed by atoms with van der Waals surface area (Å²) in [4.78, 5) is 0. The van der Waals surface area contributed by atoms with E-state index < -0.39 is 10.0 Å². The standard InChI is InChI=1S/C11H22N2O2S.ClH/c14-16(15,13-11-6-7-12-8-11)9-10-4-2-1-3-5-10;/h10-13H,1-9H2;1H. The lowest BCUT2D eigenvalue weighted by molar-refractivity contribution is 0.383. The molecule has 0 spiro atoms. The maximum Gasteiger partial charge on any atom is 0.212 e. The van der Waals surface area contributed by atoms with Gasteiger partial charge in [0.1, 0.15) is 0 Å². The second-order valence-corrected chi connectivity index (χ2v) is 6.89. The molecule has 1 unspecified atom stereocenters. The van der Waals surface area contributed by atoms with Crippen molar-refractivity contribution in [1.82, 2.24) is 10.0 Å². The predicted molar refractivity (Wildman–Crippen MR) is 72.0 cm³/mol. The molecule has 1 aliphatic carbocycles. The topological polar surface area (TPSA) is 58.2 Å². The van der Waals surface area contributed by atoms with Gasteiger partial charge < -0.3 is 5.32 Å². The van der Waals surface area contributed by atoms with Gasteiger partial charge in [-0.05, 0) is 31.7 Å². The monoisotopic (exact) mass is 282 g/mol. The van der Waals surface area contributed by atoms with E-state index in [1.807, 2.05) is 0 Å². The van der Waals surface area contributed by atoms with Crippen LogP contribution in [0.25, 0.3) is 0 Å². The molecule has 1 heterocycles. The number of nitrogens with one attached hydrogen (secondary N) is 2. The summed E-state index contributed by atoms with van der Waals surface area (Å²) < 4.78 is 26.6. The lowest BCUT2D eigenvalue weighted by Gasteiger charge is -2.22. The summed E-state index contributed by atoms with van der Waals surface area (Å²) in [6.45, 7) is 1.71. The van der Waals surface area contributed by atoms with Crippen LogP contribution >= 0.6 is 12.4 Å². The Morgan fingerprint density at radius 1 is 1.12 bits per heavy atom. The van der Waals surface area contributed by atoms with Gasteiger partial charge in [-0.1, -0.05) is 19.3 Å². The molecule has 0 aromatic carbocycles. The molecule has 2 fully saturated rings. The Morgan fingerprint density at radius 2 is 1.82 bits per heavy atom. The number of hydrogen-bond donors (Lipinski definition) is 2. The van der Waals surface area contributed by atoms with Crippen molar-refractivity contribution in [2.75, 3.05) is 18.8 Å². The third kappa shape index (κ3) is 5.12. The van der Waals surface area contributed by atoms with Crippen molar-refractivity contribution >= 4 is 22.4 Å². The second kappa shape index (κ2) is 6.92. The fourth-order valence-corrected chi connectivity index (χ4v) is 4.48. The van der Waals surface area contributed by atoms with E-state index in [-0.39, 0.29) is 18.4 Å². The molecule has 102 valence electrons. The molecule has 1 atom stereocenters. The average Bonchev–Trinajstić information content (AvgIpc) is 2.70. The quantitative estimate of drug-likeness (QED) is 0.816. The van der Waals surface area contributed by atoms with Gasteiger partial charge in [-0.2, -0.15) is 0 Å². The number of hydrogen-bond acceptors (Lipinski definition) is 3. The second-order valence-electron chi connectivity index (χ2n) is 5.09. The van der Waals surface area contributed by atoms with Gasteiger partial charge in [-0.15, -0.1) is 12.4 Å². The highest BCUT2D eigenvalue weighted by molar-refractivity contribution is 7.89. The van der Waals surface area contributed by atoms with Gasteiger partial charge in [0.05, 0.1) is 5.75 Å². The zero-order valence-corrected chi connectivity index (χ0v) is 11.8. The van der Waals surface area contributed by atoms with Crippen LogP contribution in [-0.2, 0) is 10.0 Å². The summed E-state index contributed by atoms with van der Waals surface area (Å²) in [5.41, 5.74) is 0. The maximum absolute atomic E-state index is 11.9. The number of sulfonamides is 1. The normalized spacial score (nSPS) is 26.7. The molecule has 2 aliphatic rings. The first-order valence-electron chi connectivity index (χ1n) is 6.36. The minimum atomic E-state index is -3.05. The van der Waals surface area contributed by atoms with Crippen LogP contribution in [0.4, 0.5) is 0 Å². The minimum Gasteiger partial charge on any atom is -0.315 e. The SMILES string of the molecule is Cl.O=S(=O)(CC1CCCCC1)NC1CCNC1. The Balaban J connectivity index is 0.00000144. The van der Waals surface area contributed by atoms with Crippen LogP contribution in [0, 0.1) is 5.92 Å². The van der Waals surface area contributed by atoms with E-state index in [9.17, 15) is 8.42 Å². The molecular weight excluding hydrogens is 260 g/mol. The Bertz CT molecular complexity index is 309. The summed E-state index contributed by atoms with van der Waals surface area (Å²) in [7, 11) is -3.05. The lowest BCUT2D eigenvalue weighted by atomic mass is 9.91. The van der Waals surface area contributed by atoms with Gasteiger partial charge in [0.25, 0.3) is 0 Å². The van der Waals surface area contributed by atoms with Gasteiger partial charge in [0.15, 0.2) is 0 Å². The smallest absolute Gasteiger partial charge is 0.212 e. The van der Waals surface area contributed by atoms with Crippen molar-refractivity contribution in [3.05, 3.63) is 0 Å². The number of rotatable bonds is 4. The largest absolute Gasteiger partial charge is 0.315 e. The molecule has 2 N–H and O–H groups in total. The zero-order chi connectivity index (χ0) is 11.4. The molecule has 0 radical (unpaired) electrons. The van der Waals surface area contributed by atoms with Crippen LogP contribution in [0.3, 0.4) is 0 Å². The Kier molecular flexibility index (Phi) is 6.20. The molecule has 1 saturated carbocycles. The van der Waals surface area contributed by atoms with Crippen molar-refractivity contribution in [1.29, 1.82) is 0 Å². The third-order valence-corrected chi connectivity index (χ3v) is 5.19. The molecule has 2 rings (SSSR count). The molecule has 4 nitrogen and oxygen atoms in total. The lowest BCUT2D eigenvalue weighted by Crippen LogP contribution is -2.39. The Labute approximate surface area is 110 Å². The molecule has 1 saturated heterocycles. The highest BCUT2D eigenvalue weighted by Crippen LogP contribution is 2.24. The predicted octanol–water partition coefficient (Wildman–Crippen LogP) is 1.27. The van der Waals surface area contributed by atoms with Gasteiger partial charge in [-0.3, -0.25) is 0 Å². The molecule has 17 heavy (non-hydrogen) atoms. The summed E-state index contributed by atoms with van der Waals surface area (Å²) in [6.07, 6.45) is 6.77. The average molecular weight is 283 g/mol. The fourth-order valence-electron chi connectivity index (χ4n) is 2.72. The van der Waals surface area contributed by atoms with Crippen molar-refractivity contribution in [2.45, 2.75) is 44.6 Å². The van der Waals surface area contributed by atoms with Crippen LogP contribution in [0.1, 0.15) is 38.5 Å². The van der Waals surface area contributed by atoms with E-state index >= 15 is 0 Å². The molecule has 0 amide bonds. The minimum absolute atomic E-state index is 0. The molecule has 0 aromatic rings. The molecule has 0 aromatic heterocycles. The summed E-state index contributed by atoms with van der Waals surface area (Å²) in [5.74, 6) is 0.726. The zero-order valence-electron chi connectivity index (χ0n) is 10.2. The first-order chi connectivity index (χ1) is 7.66. The Hall–Kier alpha value is 0.160. The summed E-state index contributed by atoms with van der Waals surface area (Å²) in [6, 6.07) is 0.119. The van der Waals surface area contributed by atoms with E-state index in [4.69, 9.17) is 0 Å². The highest BCUT2D eigenvalue weighted by Gasteiger charge is 2.25. The van der Waals surface area contributed by atoms with Gasteiger partial charge in [0, 0.05) is 12.6 Å². The third-order valence-electron chi connectivity index (χ3n) is 3.59. The van der Waals surface area contributed by atoms with E-state index in [0.717, 1.165) is 32.4 Å². The van der Waals surface area contributed by atoms with Crippen molar-refractivity contribution < 1.29 is 8.42 Å². The first-order valence-corrected chi connectivity index (χ1v) is 8.02. The Morgan fingerprint density at radius 3 is 2.41 bits per heavy atom. The van der Waals surface area contributed by atoms with E-state index in [2.05, 4.69) is 10.0 Å². The summed E-state index contributed by atoms with van der Waals surface area (Å²) in [5, 5.41) is 3.17. The van der Waals surface area contributed by atoms with Gasteiger partial charge in [0.2, 0.25) is 10.0 Å². The fraction of sp³-hybridized carbons (Fsp3) is 1.00. The van der Waals surface area contributed by atoms with Crippen molar-refractivity contribution in [2.24, 2.45) is 5.92 Å². The van der Waals surface area contributed by atoms with E-state index in [0.29, 0.717) is 11.7 Å². The molecular formula is C11H23ClN2O2S. The molecule has 0 bridgehead atoms. The summed E-state index contributed by atoms with van der Waals surface area (Å²) >= 11 is 0. The van der Waals surface area contributed by atoms with Gasteiger partial charge in [-0.25, -0.2) is 13.1 Å². The van der Waals surface area contributed by atoms with Crippen LogP contribution < -0.4 is 10.0 Å². The first kappa shape index (κ1) is 15.2. The molecule has 1 aliphatic heterocycles. The van der Waals surface area contributed by atoms with E-state index in [1.54, 1.807) is 0 Å². The van der Waals surface area contributed by atoms with Gasteiger partial charge >= 0.3 is 0 Å². The highest BCUT2D eigenvalue weighted by atomic mass is 35.5. The van der Waals surface area contributed by atoms with Crippen molar-refractivity contribution in [3.8, 4) is 0 Å². The molecule has 6 heteroatoms. The van der Waals surface area contributed by atoms with Crippen LogP contribution in [0.2, 0.25) is 0 Å². The van der Waals surface area contributed by atoms with E-state index in [1.165, 1.54) is 19.3 Å².